The molecule has 2 N–H and O–H groups in total. The van der Waals surface area contributed by atoms with Crippen molar-refractivity contribution >= 4 is 34.4 Å². The molecule has 1 aromatic rings. The fraction of sp³-hybridized carbons (Fsp3) is 0.471. The van der Waals surface area contributed by atoms with Crippen molar-refractivity contribution in [2.24, 2.45) is 4.99 Å². The summed E-state index contributed by atoms with van der Waals surface area (Å²) in [6, 6.07) is 7.51. The molecule has 0 spiro atoms. The number of methoxy groups -OCH3 is 1. The number of rotatable bonds is 5. The molecule has 1 saturated carbocycles. The van der Waals surface area contributed by atoms with Crippen LogP contribution in [0.3, 0.4) is 0 Å². The summed E-state index contributed by atoms with van der Waals surface area (Å²) in [5.74, 6) is 0.235. The molecule has 0 bridgehead atoms. The summed E-state index contributed by atoms with van der Waals surface area (Å²) in [5.41, 5.74) is 0.605. The van der Waals surface area contributed by atoms with Crippen LogP contribution in [0.5, 0.6) is 5.75 Å². The third kappa shape index (κ3) is 4.08. The van der Waals surface area contributed by atoms with E-state index in [0.29, 0.717) is 22.6 Å². The van der Waals surface area contributed by atoms with Gasteiger partial charge in [0.25, 0.3) is 0 Å². The molecule has 128 valence electrons. The smallest absolute Gasteiger partial charge is 0.240 e. The molecular weight excluding hydrogens is 326 g/mol. The van der Waals surface area contributed by atoms with Gasteiger partial charge in [0.2, 0.25) is 11.8 Å². The number of aliphatic imine (C=N–C) groups is 1. The minimum Gasteiger partial charge on any atom is -0.495 e. The lowest BCUT2D eigenvalue weighted by molar-refractivity contribution is -0.122. The number of nitrogens with one attached hydrogen (secondary N) is 2. The van der Waals surface area contributed by atoms with Crippen molar-refractivity contribution < 1.29 is 14.3 Å². The summed E-state index contributed by atoms with van der Waals surface area (Å²) in [6.45, 7) is 0. The molecule has 24 heavy (non-hydrogen) atoms. The van der Waals surface area contributed by atoms with Gasteiger partial charge >= 0.3 is 0 Å². The Morgan fingerprint density at radius 3 is 2.88 bits per heavy atom. The van der Waals surface area contributed by atoms with Crippen LogP contribution in [0.4, 0.5) is 5.69 Å². The lowest BCUT2D eigenvalue weighted by atomic mass is 10.2. The normalized spacial score (nSPS) is 22.6. The standard InChI is InChI=1S/C17H21N3O3S/c1-23-13-9-5-4-8-12(13)19-15(21)10-14-16(22)20-17(24-14)18-11-6-2-3-7-11/h4-5,8-9,11,14H,2-3,6-7,10H2,1H3,(H,19,21)(H,18,20,22). The number of hydrogen-bond donors (Lipinski definition) is 2. The van der Waals surface area contributed by atoms with E-state index in [1.165, 1.54) is 24.6 Å². The monoisotopic (exact) mass is 347 g/mol. The van der Waals surface area contributed by atoms with Gasteiger partial charge in [-0.2, -0.15) is 0 Å². The summed E-state index contributed by atoms with van der Waals surface area (Å²) in [4.78, 5) is 28.9. The number of nitrogens with zero attached hydrogens (tertiary/aromatic N) is 1. The number of amidine groups is 1. The van der Waals surface area contributed by atoms with E-state index >= 15 is 0 Å². The largest absolute Gasteiger partial charge is 0.495 e. The number of anilines is 1. The number of ether oxygens (including phenoxy) is 1. The van der Waals surface area contributed by atoms with Crippen molar-refractivity contribution in [3.05, 3.63) is 24.3 Å². The van der Waals surface area contributed by atoms with Gasteiger partial charge in [-0.25, -0.2) is 0 Å². The molecule has 0 aromatic heterocycles. The Labute approximate surface area is 145 Å². The van der Waals surface area contributed by atoms with Gasteiger partial charge in [0.15, 0.2) is 5.17 Å². The van der Waals surface area contributed by atoms with Crippen LogP contribution in [0.25, 0.3) is 0 Å². The summed E-state index contributed by atoms with van der Waals surface area (Å²) >= 11 is 1.35. The number of carbonyl (C=O) groups is 2. The first-order valence-electron chi connectivity index (χ1n) is 8.14. The molecule has 1 unspecified atom stereocenters. The highest BCUT2D eigenvalue weighted by Crippen LogP contribution is 2.28. The molecule has 1 aromatic carbocycles. The molecule has 2 aliphatic rings. The van der Waals surface area contributed by atoms with Gasteiger partial charge in [0.1, 0.15) is 11.0 Å². The summed E-state index contributed by atoms with van der Waals surface area (Å²) in [7, 11) is 1.55. The fourth-order valence-corrected chi connectivity index (χ4v) is 3.96. The van der Waals surface area contributed by atoms with Gasteiger partial charge in [0.05, 0.1) is 18.8 Å². The minimum atomic E-state index is -0.431. The molecule has 1 saturated heterocycles. The third-order valence-corrected chi connectivity index (χ3v) is 5.25. The van der Waals surface area contributed by atoms with Gasteiger partial charge in [-0.15, -0.1) is 0 Å². The fourth-order valence-electron chi connectivity index (χ4n) is 2.92. The number of carbonyl (C=O) groups excluding carboxylic acids is 2. The van der Waals surface area contributed by atoms with E-state index < -0.39 is 5.25 Å². The van der Waals surface area contributed by atoms with Crippen LogP contribution < -0.4 is 15.4 Å². The van der Waals surface area contributed by atoms with Gasteiger partial charge in [-0.1, -0.05) is 36.7 Å². The average Bonchev–Trinajstić information content (AvgIpc) is 3.18. The van der Waals surface area contributed by atoms with E-state index in [1.54, 1.807) is 19.2 Å². The van der Waals surface area contributed by atoms with E-state index in [1.807, 2.05) is 12.1 Å². The van der Waals surface area contributed by atoms with Crippen LogP contribution in [0.2, 0.25) is 0 Å². The molecule has 1 aliphatic carbocycles. The molecule has 0 radical (unpaired) electrons. The van der Waals surface area contributed by atoms with Crippen LogP contribution in [-0.4, -0.2) is 35.4 Å². The molecule has 2 fully saturated rings. The van der Waals surface area contributed by atoms with Crippen LogP contribution in [0.1, 0.15) is 32.1 Å². The molecule has 6 nitrogen and oxygen atoms in total. The molecule has 1 atom stereocenters. The van der Waals surface area contributed by atoms with Crippen molar-refractivity contribution in [2.75, 3.05) is 12.4 Å². The van der Waals surface area contributed by atoms with Gasteiger partial charge < -0.3 is 15.4 Å². The van der Waals surface area contributed by atoms with Gasteiger partial charge in [0, 0.05) is 6.42 Å². The highest BCUT2D eigenvalue weighted by molar-refractivity contribution is 8.15. The predicted octanol–water partition coefficient (Wildman–Crippen LogP) is 2.55. The van der Waals surface area contributed by atoms with Crippen LogP contribution in [-0.2, 0) is 9.59 Å². The topological polar surface area (TPSA) is 79.8 Å². The van der Waals surface area contributed by atoms with Crippen LogP contribution in [0.15, 0.2) is 29.3 Å². The van der Waals surface area contributed by atoms with Gasteiger partial charge in [-0.05, 0) is 25.0 Å². The molecule has 2 amide bonds. The number of para-hydroxylation sites is 2. The predicted molar refractivity (Wildman–Crippen MR) is 95.5 cm³/mol. The maximum atomic E-state index is 12.2. The summed E-state index contributed by atoms with van der Waals surface area (Å²) < 4.78 is 5.21. The molecule has 3 rings (SSSR count). The molecular formula is C17H21N3O3S. The summed E-state index contributed by atoms with van der Waals surface area (Å²) in [6.07, 6.45) is 4.67. The number of thioether (sulfide) groups is 1. The Morgan fingerprint density at radius 1 is 1.38 bits per heavy atom. The Kier molecular flexibility index (Phi) is 5.40. The van der Waals surface area contributed by atoms with Crippen molar-refractivity contribution in [1.29, 1.82) is 0 Å². The van der Waals surface area contributed by atoms with E-state index in [4.69, 9.17) is 4.74 Å². The first kappa shape index (κ1) is 16.8. The molecule has 1 heterocycles. The molecule has 7 heteroatoms. The van der Waals surface area contributed by atoms with E-state index in [0.717, 1.165) is 12.8 Å². The van der Waals surface area contributed by atoms with Crippen molar-refractivity contribution in [3.8, 4) is 5.75 Å². The second kappa shape index (κ2) is 7.70. The minimum absolute atomic E-state index is 0.109. The third-order valence-electron chi connectivity index (χ3n) is 4.15. The highest BCUT2D eigenvalue weighted by atomic mass is 32.2. The lowest BCUT2D eigenvalue weighted by Gasteiger charge is -2.10. The van der Waals surface area contributed by atoms with Crippen LogP contribution >= 0.6 is 11.8 Å². The molecule has 1 aliphatic heterocycles. The quantitative estimate of drug-likeness (QED) is 0.858. The zero-order valence-electron chi connectivity index (χ0n) is 13.6. The average molecular weight is 347 g/mol. The van der Waals surface area contributed by atoms with Gasteiger partial charge in [-0.3, -0.25) is 14.6 Å². The second-order valence-corrected chi connectivity index (χ2v) is 7.11. The zero-order valence-corrected chi connectivity index (χ0v) is 14.4. The zero-order chi connectivity index (χ0) is 16.9. The number of benzene rings is 1. The Bertz CT molecular complexity index is 656. The first-order valence-corrected chi connectivity index (χ1v) is 9.02. The van der Waals surface area contributed by atoms with Crippen molar-refractivity contribution in [3.63, 3.8) is 0 Å². The first-order chi connectivity index (χ1) is 11.7. The number of amides is 2. The maximum absolute atomic E-state index is 12.2. The van der Waals surface area contributed by atoms with Crippen LogP contribution in [0, 0.1) is 0 Å². The second-order valence-electron chi connectivity index (χ2n) is 5.92. The Balaban J connectivity index is 1.57. The summed E-state index contributed by atoms with van der Waals surface area (Å²) in [5, 5.41) is 5.82. The Hall–Kier alpha value is -2.02. The lowest BCUT2D eigenvalue weighted by Crippen LogP contribution is -2.28. The Morgan fingerprint density at radius 2 is 2.12 bits per heavy atom. The van der Waals surface area contributed by atoms with E-state index in [9.17, 15) is 9.59 Å². The van der Waals surface area contributed by atoms with Crippen molar-refractivity contribution in [1.82, 2.24) is 5.32 Å². The highest BCUT2D eigenvalue weighted by Gasteiger charge is 2.33. The van der Waals surface area contributed by atoms with Crippen molar-refractivity contribution in [2.45, 2.75) is 43.4 Å². The SMILES string of the molecule is COc1ccccc1NC(=O)CC1SC(=NC2CCCC2)NC1=O. The number of hydrogen-bond acceptors (Lipinski definition) is 5. The maximum Gasteiger partial charge on any atom is 0.240 e. The van der Waals surface area contributed by atoms with E-state index in [-0.39, 0.29) is 18.2 Å². The van der Waals surface area contributed by atoms with E-state index in [2.05, 4.69) is 15.6 Å².